The van der Waals surface area contributed by atoms with Crippen molar-refractivity contribution in [3.05, 3.63) is 36.9 Å². The molecule has 0 radical (unpaired) electrons. The van der Waals surface area contributed by atoms with Gasteiger partial charge in [-0.3, -0.25) is 4.79 Å². The van der Waals surface area contributed by atoms with Crippen LogP contribution in [0.4, 0.5) is 5.00 Å². The van der Waals surface area contributed by atoms with E-state index in [1.54, 1.807) is 0 Å². The van der Waals surface area contributed by atoms with E-state index in [1.165, 1.54) is 17.6 Å². The molecule has 0 saturated carbocycles. The summed E-state index contributed by atoms with van der Waals surface area (Å²) in [6.07, 6.45) is 1.24. The first kappa shape index (κ1) is 8.90. The molecule has 0 aliphatic heterocycles. The van der Waals surface area contributed by atoms with Crippen LogP contribution in [0.3, 0.4) is 0 Å². The summed E-state index contributed by atoms with van der Waals surface area (Å²) in [5.41, 5.74) is 0.900. The molecule has 1 amide bonds. The molecular formula is C10H8N2OS. The van der Waals surface area contributed by atoms with Gasteiger partial charge in [0.25, 0.3) is 0 Å². The maximum absolute atomic E-state index is 11.1. The number of aromatic nitrogens is 1. The van der Waals surface area contributed by atoms with Gasteiger partial charge in [-0.05, 0) is 29.7 Å². The number of nitrogens with one attached hydrogen (secondary N) is 1. The van der Waals surface area contributed by atoms with Crippen molar-refractivity contribution >= 4 is 33.3 Å². The lowest BCUT2D eigenvalue weighted by Gasteiger charge is -1.96. The number of hydrogen-bond donors (Lipinski definition) is 1. The third-order valence-electron chi connectivity index (χ3n) is 1.81. The first-order valence-electron chi connectivity index (χ1n) is 4.09. The predicted molar refractivity (Wildman–Crippen MR) is 58.4 cm³/mol. The van der Waals surface area contributed by atoms with Crippen molar-refractivity contribution < 1.29 is 4.79 Å². The largest absolute Gasteiger partial charge is 0.312 e. The highest BCUT2D eigenvalue weighted by atomic mass is 32.1. The molecule has 0 spiro atoms. The monoisotopic (exact) mass is 204 g/mol. The molecule has 1 heterocycles. The molecule has 0 fully saturated rings. The Morgan fingerprint density at radius 2 is 2.29 bits per heavy atom. The lowest BCUT2D eigenvalue weighted by Crippen LogP contribution is -2.05. The minimum absolute atomic E-state index is 0.209. The minimum atomic E-state index is -0.209. The summed E-state index contributed by atoms with van der Waals surface area (Å²) in [6.45, 7) is 3.39. The maximum atomic E-state index is 11.1. The summed E-state index contributed by atoms with van der Waals surface area (Å²) in [5, 5.41) is 4.45. The number of fused-ring (bicyclic) bond motifs is 1. The summed E-state index contributed by atoms with van der Waals surface area (Å²) < 4.78 is 4.20. The Morgan fingerprint density at radius 3 is 3.07 bits per heavy atom. The number of nitrogens with zero attached hydrogens (tertiary/aromatic N) is 1. The first-order valence-corrected chi connectivity index (χ1v) is 4.86. The van der Waals surface area contributed by atoms with Crippen LogP contribution in [0.15, 0.2) is 36.9 Å². The Labute approximate surface area is 85.2 Å². The molecule has 1 aromatic heterocycles. The third-order valence-corrected chi connectivity index (χ3v) is 2.60. The molecule has 2 rings (SSSR count). The van der Waals surface area contributed by atoms with Gasteiger partial charge >= 0.3 is 0 Å². The average molecular weight is 204 g/mol. The summed E-state index contributed by atoms with van der Waals surface area (Å²) in [5.74, 6) is -0.209. The Morgan fingerprint density at radius 1 is 1.50 bits per heavy atom. The topological polar surface area (TPSA) is 42.0 Å². The summed E-state index contributed by atoms with van der Waals surface area (Å²) >= 11 is 1.28. The van der Waals surface area contributed by atoms with Crippen molar-refractivity contribution in [2.75, 3.05) is 5.32 Å². The van der Waals surface area contributed by atoms with Crippen molar-refractivity contribution in [3.63, 3.8) is 0 Å². The molecule has 0 bridgehead atoms. The quantitative estimate of drug-likeness (QED) is 0.763. The van der Waals surface area contributed by atoms with Gasteiger partial charge in [-0.25, -0.2) is 0 Å². The maximum Gasteiger partial charge on any atom is 0.248 e. The molecule has 14 heavy (non-hydrogen) atoms. The van der Waals surface area contributed by atoms with Crippen LogP contribution in [-0.2, 0) is 4.79 Å². The fourth-order valence-corrected chi connectivity index (χ4v) is 1.91. The van der Waals surface area contributed by atoms with Gasteiger partial charge in [0, 0.05) is 5.39 Å². The average Bonchev–Trinajstić information content (AvgIpc) is 2.62. The molecule has 1 N–H and O–H groups in total. The highest BCUT2D eigenvalue weighted by Gasteiger charge is 2.05. The van der Waals surface area contributed by atoms with Crippen LogP contribution < -0.4 is 5.32 Å². The second-order valence-corrected chi connectivity index (χ2v) is 3.50. The van der Waals surface area contributed by atoms with E-state index in [2.05, 4.69) is 16.3 Å². The van der Waals surface area contributed by atoms with E-state index in [4.69, 9.17) is 0 Å². The fourth-order valence-electron chi connectivity index (χ4n) is 1.14. The molecule has 0 saturated heterocycles. The van der Waals surface area contributed by atoms with E-state index in [-0.39, 0.29) is 5.91 Å². The van der Waals surface area contributed by atoms with Gasteiger partial charge in [-0.15, -0.1) is 0 Å². The number of amides is 1. The van der Waals surface area contributed by atoms with E-state index < -0.39 is 0 Å². The number of hydrogen-bond acceptors (Lipinski definition) is 3. The summed E-state index contributed by atoms with van der Waals surface area (Å²) in [6, 6.07) is 7.67. The van der Waals surface area contributed by atoms with Crippen LogP contribution in [0.25, 0.3) is 10.9 Å². The van der Waals surface area contributed by atoms with Crippen molar-refractivity contribution in [1.29, 1.82) is 0 Å². The van der Waals surface area contributed by atoms with Crippen LogP contribution >= 0.6 is 11.5 Å². The Kier molecular flexibility index (Phi) is 2.28. The van der Waals surface area contributed by atoms with Crippen LogP contribution in [0.1, 0.15) is 0 Å². The van der Waals surface area contributed by atoms with Gasteiger partial charge in [0.05, 0.1) is 5.52 Å². The summed E-state index contributed by atoms with van der Waals surface area (Å²) in [4.78, 5) is 11.1. The van der Waals surface area contributed by atoms with Gasteiger partial charge in [0.1, 0.15) is 5.00 Å². The molecule has 0 aliphatic carbocycles. The molecule has 0 aliphatic rings. The Bertz CT molecular complexity index is 490. The fraction of sp³-hybridized carbons (Fsp3) is 0. The number of carbonyl (C=O) groups is 1. The second kappa shape index (κ2) is 3.59. The zero-order valence-corrected chi connectivity index (χ0v) is 8.17. The number of benzene rings is 1. The van der Waals surface area contributed by atoms with E-state index in [0.29, 0.717) is 0 Å². The molecule has 1 aromatic carbocycles. The Hall–Kier alpha value is -1.68. The van der Waals surface area contributed by atoms with E-state index in [0.717, 1.165) is 15.9 Å². The van der Waals surface area contributed by atoms with Gasteiger partial charge < -0.3 is 5.32 Å². The minimum Gasteiger partial charge on any atom is -0.312 e. The van der Waals surface area contributed by atoms with E-state index in [9.17, 15) is 4.79 Å². The molecular weight excluding hydrogens is 196 g/mol. The molecule has 4 heteroatoms. The van der Waals surface area contributed by atoms with Gasteiger partial charge in [0.15, 0.2) is 0 Å². The number of carbonyl (C=O) groups excluding carboxylic acids is 1. The SMILES string of the molecule is C=CC(=O)Nc1snc2ccccc12. The van der Waals surface area contributed by atoms with Gasteiger partial charge in [-0.1, -0.05) is 18.7 Å². The van der Waals surface area contributed by atoms with Crippen LogP contribution in [0, 0.1) is 0 Å². The smallest absolute Gasteiger partial charge is 0.248 e. The highest BCUT2D eigenvalue weighted by molar-refractivity contribution is 7.12. The molecule has 70 valence electrons. The molecule has 3 nitrogen and oxygen atoms in total. The molecule has 0 unspecified atom stereocenters. The van der Waals surface area contributed by atoms with Crippen molar-refractivity contribution in [3.8, 4) is 0 Å². The van der Waals surface area contributed by atoms with Crippen LogP contribution in [0.5, 0.6) is 0 Å². The van der Waals surface area contributed by atoms with Gasteiger partial charge in [0.2, 0.25) is 5.91 Å². The summed E-state index contributed by atoms with van der Waals surface area (Å²) in [7, 11) is 0. The van der Waals surface area contributed by atoms with Crippen molar-refractivity contribution in [2.45, 2.75) is 0 Å². The highest BCUT2D eigenvalue weighted by Crippen LogP contribution is 2.26. The predicted octanol–water partition coefficient (Wildman–Crippen LogP) is 2.42. The first-order chi connectivity index (χ1) is 6.81. The second-order valence-electron chi connectivity index (χ2n) is 2.72. The zero-order chi connectivity index (χ0) is 9.97. The van der Waals surface area contributed by atoms with Gasteiger partial charge in [-0.2, -0.15) is 4.37 Å². The standard InChI is InChI=1S/C10H8N2OS/c1-2-9(13)11-10-7-5-3-4-6-8(7)12-14-10/h2-6H,1H2,(H,11,13). The van der Waals surface area contributed by atoms with Crippen molar-refractivity contribution in [2.24, 2.45) is 0 Å². The lowest BCUT2D eigenvalue weighted by atomic mass is 10.2. The molecule has 2 aromatic rings. The van der Waals surface area contributed by atoms with Crippen LogP contribution in [0.2, 0.25) is 0 Å². The molecule has 0 atom stereocenters. The van der Waals surface area contributed by atoms with E-state index >= 15 is 0 Å². The van der Waals surface area contributed by atoms with E-state index in [1.807, 2.05) is 24.3 Å². The van der Waals surface area contributed by atoms with Crippen LogP contribution in [-0.4, -0.2) is 10.3 Å². The zero-order valence-electron chi connectivity index (χ0n) is 7.36. The number of anilines is 1. The third kappa shape index (κ3) is 1.52. The lowest BCUT2D eigenvalue weighted by molar-refractivity contribution is -0.111. The Balaban J connectivity index is 2.43. The van der Waals surface area contributed by atoms with Crippen molar-refractivity contribution in [1.82, 2.24) is 4.37 Å². The normalized spacial score (nSPS) is 10.0. The number of rotatable bonds is 2.